The molecule has 1 atom stereocenters. The molecule has 134 valence electrons. The van der Waals surface area contributed by atoms with E-state index >= 15 is 0 Å². The van der Waals surface area contributed by atoms with Crippen LogP contribution in [-0.4, -0.2) is 44.7 Å². The number of carbonyl (C=O) groups excluding carboxylic acids is 1. The molecule has 0 spiro atoms. The average Bonchev–Trinajstić information content (AvgIpc) is 3.01. The topological polar surface area (TPSA) is 58.4 Å². The summed E-state index contributed by atoms with van der Waals surface area (Å²) >= 11 is 0. The van der Waals surface area contributed by atoms with Crippen LogP contribution in [0.25, 0.3) is 11.0 Å². The number of hydrogen-bond acceptors (Lipinski definition) is 3. The third-order valence-corrected chi connectivity index (χ3v) is 5.70. The van der Waals surface area contributed by atoms with Gasteiger partial charge in [0.05, 0.1) is 17.1 Å². The second kappa shape index (κ2) is 7.16. The molecule has 1 saturated heterocycles. The quantitative estimate of drug-likeness (QED) is 0.933. The normalized spacial score (nSPS) is 22.4. The van der Waals surface area contributed by atoms with Gasteiger partial charge in [0, 0.05) is 19.0 Å². The van der Waals surface area contributed by atoms with Crippen molar-refractivity contribution in [1.29, 1.82) is 0 Å². The zero-order valence-electron chi connectivity index (χ0n) is 14.7. The molecule has 1 unspecified atom stereocenters. The molecular weight excluding hydrogens is 314 g/mol. The summed E-state index contributed by atoms with van der Waals surface area (Å²) in [5.74, 6) is 1.63. The Hall–Kier alpha value is -1.88. The summed E-state index contributed by atoms with van der Waals surface area (Å²) in [5, 5.41) is 9.87. The highest BCUT2D eigenvalue weighted by Crippen LogP contribution is 2.34. The van der Waals surface area contributed by atoms with E-state index in [4.69, 9.17) is 4.98 Å². The number of β-amino-alcohol motifs (C(OH)–C–C–N with tert-alkyl or cyclic N) is 1. The Morgan fingerprint density at radius 3 is 2.72 bits per heavy atom. The number of carbonyl (C=O) groups is 1. The lowest BCUT2D eigenvalue weighted by molar-refractivity contribution is -0.134. The molecular formula is C20H27N3O2. The number of amides is 1. The molecule has 5 heteroatoms. The van der Waals surface area contributed by atoms with Gasteiger partial charge in [0.25, 0.3) is 0 Å². The third kappa shape index (κ3) is 3.43. The molecule has 1 amide bonds. The lowest BCUT2D eigenvalue weighted by atomic mass is 9.88. The van der Waals surface area contributed by atoms with Crippen molar-refractivity contribution in [3.8, 4) is 0 Å². The summed E-state index contributed by atoms with van der Waals surface area (Å²) in [7, 11) is 0. The van der Waals surface area contributed by atoms with Gasteiger partial charge in [-0.3, -0.25) is 4.79 Å². The minimum absolute atomic E-state index is 0.0963. The molecule has 1 aliphatic carbocycles. The van der Waals surface area contributed by atoms with Gasteiger partial charge < -0.3 is 14.6 Å². The Bertz CT molecular complexity index is 748. The van der Waals surface area contributed by atoms with Gasteiger partial charge in [-0.25, -0.2) is 4.98 Å². The molecule has 1 aromatic carbocycles. The minimum atomic E-state index is -0.380. The van der Waals surface area contributed by atoms with Gasteiger partial charge in [-0.05, 0) is 37.8 Å². The minimum Gasteiger partial charge on any atom is -0.391 e. The first-order valence-corrected chi connectivity index (χ1v) is 9.63. The number of imidazole rings is 1. The fourth-order valence-electron chi connectivity index (χ4n) is 4.35. The number of aliphatic hydroxyl groups excluding tert-OH is 1. The van der Waals surface area contributed by atoms with Crippen LogP contribution in [0.1, 0.15) is 56.7 Å². The van der Waals surface area contributed by atoms with E-state index in [-0.39, 0.29) is 12.0 Å². The van der Waals surface area contributed by atoms with Crippen LogP contribution < -0.4 is 0 Å². The molecule has 1 saturated carbocycles. The summed E-state index contributed by atoms with van der Waals surface area (Å²) in [6, 6.07) is 8.12. The van der Waals surface area contributed by atoms with Crippen LogP contribution in [0.3, 0.4) is 0 Å². The van der Waals surface area contributed by atoms with Crippen molar-refractivity contribution in [3.05, 3.63) is 30.1 Å². The standard InChI is InChI=1S/C20H27N3O2/c24-16-9-6-12-22(13-16)19(25)14-23-18-11-5-4-10-17(18)21-20(23)15-7-2-1-3-8-15/h4-5,10-11,15-16,24H,1-3,6-9,12-14H2. The number of para-hydroxylation sites is 2. The average molecular weight is 341 g/mol. The zero-order chi connectivity index (χ0) is 17.2. The fraction of sp³-hybridized carbons (Fsp3) is 0.600. The molecule has 5 nitrogen and oxygen atoms in total. The molecule has 1 N–H and O–H groups in total. The maximum atomic E-state index is 12.9. The Labute approximate surface area is 148 Å². The largest absolute Gasteiger partial charge is 0.391 e. The predicted molar refractivity (Wildman–Crippen MR) is 97.4 cm³/mol. The van der Waals surface area contributed by atoms with E-state index in [1.807, 2.05) is 23.1 Å². The summed E-state index contributed by atoms with van der Waals surface area (Å²) in [4.78, 5) is 19.6. The lowest BCUT2D eigenvalue weighted by Crippen LogP contribution is -2.43. The summed E-state index contributed by atoms with van der Waals surface area (Å²) in [5.41, 5.74) is 2.03. The van der Waals surface area contributed by atoms with Crippen LogP contribution >= 0.6 is 0 Å². The Kier molecular flexibility index (Phi) is 4.75. The Morgan fingerprint density at radius 1 is 1.12 bits per heavy atom. The van der Waals surface area contributed by atoms with Crippen LogP contribution in [0.5, 0.6) is 0 Å². The fourth-order valence-corrected chi connectivity index (χ4v) is 4.35. The van der Waals surface area contributed by atoms with Crippen molar-refractivity contribution in [2.24, 2.45) is 0 Å². The van der Waals surface area contributed by atoms with E-state index in [0.29, 0.717) is 19.0 Å². The maximum absolute atomic E-state index is 12.9. The van der Waals surface area contributed by atoms with Crippen LogP contribution in [-0.2, 0) is 11.3 Å². The summed E-state index contributed by atoms with van der Waals surface area (Å²) in [6.07, 6.45) is 7.44. The molecule has 0 bridgehead atoms. The molecule has 0 radical (unpaired) electrons. The van der Waals surface area contributed by atoms with Gasteiger partial charge in [-0.15, -0.1) is 0 Å². The molecule has 1 aromatic heterocycles. The van der Waals surface area contributed by atoms with Crippen LogP contribution in [0.15, 0.2) is 24.3 Å². The first-order chi connectivity index (χ1) is 12.2. The highest BCUT2D eigenvalue weighted by molar-refractivity contribution is 5.81. The number of hydrogen-bond donors (Lipinski definition) is 1. The molecule has 2 fully saturated rings. The van der Waals surface area contributed by atoms with Gasteiger partial charge in [0.15, 0.2) is 0 Å². The second-order valence-corrected chi connectivity index (χ2v) is 7.52. The third-order valence-electron chi connectivity index (χ3n) is 5.70. The number of piperidine rings is 1. The number of aromatic nitrogens is 2. The summed E-state index contributed by atoms with van der Waals surface area (Å²) < 4.78 is 2.13. The van der Waals surface area contributed by atoms with E-state index in [2.05, 4.69) is 10.6 Å². The molecule has 1 aliphatic heterocycles. The van der Waals surface area contributed by atoms with E-state index < -0.39 is 0 Å². The second-order valence-electron chi connectivity index (χ2n) is 7.52. The highest BCUT2D eigenvalue weighted by Gasteiger charge is 2.26. The SMILES string of the molecule is O=C(Cn1c(C2CCCCC2)nc2ccccc21)N1CCCC(O)C1. The predicted octanol–water partition coefficient (Wildman–Crippen LogP) is 3.07. The van der Waals surface area contributed by atoms with Crippen molar-refractivity contribution < 1.29 is 9.90 Å². The van der Waals surface area contributed by atoms with Crippen molar-refractivity contribution in [3.63, 3.8) is 0 Å². The van der Waals surface area contributed by atoms with Gasteiger partial charge in [0.2, 0.25) is 5.91 Å². The molecule has 2 aromatic rings. The smallest absolute Gasteiger partial charge is 0.242 e. The van der Waals surface area contributed by atoms with Crippen LogP contribution in [0.2, 0.25) is 0 Å². The highest BCUT2D eigenvalue weighted by atomic mass is 16.3. The van der Waals surface area contributed by atoms with Crippen molar-refractivity contribution in [2.45, 2.75) is 63.5 Å². The van der Waals surface area contributed by atoms with Gasteiger partial charge >= 0.3 is 0 Å². The van der Waals surface area contributed by atoms with Crippen molar-refractivity contribution >= 4 is 16.9 Å². The Balaban J connectivity index is 1.63. The maximum Gasteiger partial charge on any atom is 0.242 e. The van der Waals surface area contributed by atoms with Crippen LogP contribution in [0.4, 0.5) is 0 Å². The number of nitrogens with zero attached hydrogens (tertiary/aromatic N) is 3. The van der Waals surface area contributed by atoms with Gasteiger partial charge in [0.1, 0.15) is 12.4 Å². The molecule has 25 heavy (non-hydrogen) atoms. The van der Waals surface area contributed by atoms with E-state index in [0.717, 1.165) is 36.2 Å². The number of likely N-dealkylation sites (tertiary alicyclic amines) is 1. The number of rotatable bonds is 3. The molecule has 4 rings (SSSR count). The van der Waals surface area contributed by atoms with E-state index in [9.17, 15) is 9.90 Å². The first kappa shape index (κ1) is 16.6. The van der Waals surface area contributed by atoms with Crippen LogP contribution in [0, 0.1) is 0 Å². The monoisotopic (exact) mass is 341 g/mol. The molecule has 2 aliphatic rings. The van der Waals surface area contributed by atoms with Gasteiger partial charge in [-0.2, -0.15) is 0 Å². The lowest BCUT2D eigenvalue weighted by Gasteiger charge is -2.31. The van der Waals surface area contributed by atoms with E-state index in [1.54, 1.807) is 0 Å². The number of fused-ring (bicyclic) bond motifs is 1. The first-order valence-electron chi connectivity index (χ1n) is 9.63. The molecule has 2 heterocycles. The number of benzene rings is 1. The van der Waals surface area contributed by atoms with E-state index in [1.165, 1.54) is 32.1 Å². The van der Waals surface area contributed by atoms with Crippen molar-refractivity contribution in [2.75, 3.05) is 13.1 Å². The van der Waals surface area contributed by atoms with Gasteiger partial charge in [-0.1, -0.05) is 31.4 Å². The number of aliphatic hydroxyl groups is 1. The zero-order valence-corrected chi connectivity index (χ0v) is 14.7. The summed E-state index contributed by atoms with van der Waals surface area (Å²) in [6.45, 7) is 1.55. The Morgan fingerprint density at radius 2 is 1.92 bits per heavy atom. The van der Waals surface area contributed by atoms with Crippen molar-refractivity contribution in [1.82, 2.24) is 14.5 Å².